The Morgan fingerprint density at radius 2 is 1.78 bits per heavy atom. The van der Waals surface area contributed by atoms with Crippen LogP contribution in [0.1, 0.15) is 22.2 Å². The monoisotopic (exact) mass is 461 g/mol. The number of hydrogen-bond acceptors (Lipinski definition) is 4. The maximum absolute atomic E-state index is 13.7. The SMILES string of the molecule is CCc1ccc(-c2cc(C(=O)N3CCN(c4ccccc4)CC3)c3cc(Cl)ccc3n2)s1. The molecule has 5 rings (SSSR count). The number of hydrogen-bond donors (Lipinski definition) is 0. The van der Waals surface area contributed by atoms with E-state index in [-0.39, 0.29) is 5.91 Å². The number of anilines is 1. The van der Waals surface area contributed by atoms with Crippen LogP contribution in [0.25, 0.3) is 21.5 Å². The van der Waals surface area contributed by atoms with Crippen molar-refractivity contribution in [1.82, 2.24) is 9.88 Å². The van der Waals surface area contributed by atoms with Crippen LogP contribution >= 0.6 is 22.9 Å². The summed E-state index contributed by atoms with van der Waals surface area (Å²) in [7, 11) is 0. The number of para-hydroxylation sites is 1. The van der Waals surface area contributed by atoms with E-state index in [1.54, 1.807) is 11.3 Å². The van der Waals surface area contributed by atoms with Crippen molar-refractivity contribution >= 4 is 45.4 Å². The molecule has 32 heavy (non-hydrogen) atoms. The molecule has 0 atom stereocenters. The molecule has 4 aromatic rings. The second-order valence-corrected chi connectivity index (χ2v) is 9.56. The molecule has 0 aliphatic carbocycles. The smallest absolute Gasteiger partial charge is 0.254 e. The molecule has 4 nitrogen and oxygen atoms in total. The Kier molecular flexibility index (Phi) is 5.85. The Morgan fingerprint density at radius 1 is 1.00 bits per heavy atom. The summed E-state index contributed by atoms with van der Waals surface area (Å²) in [5, 5.41) is 1.42. The first kappa shape index (κ1) is 21.0. The standard InChI is InChI=1S/C26H24ClN3OS/c1-2-20-9-11-25(32-20)24-17-22(21-16-18(27)8-10-23(21)28-24)26(31)30-14-12-29(13-15-30)19-6-4-3-5-7-19/h3-11,16-17H,2,12-15H2,1H3. The lowest BCUT2D eigenvalue weighted by Crippen LogP contribution is -2.48. The van der Waals surface area contributed by atoms with E-state index in [2.05, 4.69) is 48.2 Å². The number of nitrogens with zero attached hydrogens (tertiary/aromatic N) is 3. The molecule has 1 fully saturated rings. The van der Waals surface area contributed by atoms with Gasteiger partial charge in [-0.1, -0.05) is 36.7 Å². The maximum Gasteiger partial charge on any atom is 0.254 e. The highest BCUT2D eigenvalue weighted by Crippen LogP contribution is 2.32. The number of carbonyl (C=O) groups excluding carboxylic acids is 1. The van der Waals surface area contributed by atoms with Crippen LogP contribution < -0.4 is 4.90 Å². The molecular formula is C26H24ClN3OS. The predicted molar refractivity (Wildman–Crippen MR) is 134 cm³/mol. The number of piperazine rings is 1. The normalized spacial score (nSPS) is 14.2. The Bertz CT molecular complexity index is 1260. The fraction of sp³-hybridized carbons (Fsp3) is 0.231. The van der Waals surface area contributed by atoms with Gasteiger partial charge in [-0.2, -0.15) is 0 Å². The number of aromatic nitrogens is 1. The number of halogens is 1. The van der Waals surface area contributed by atoms with Crippen molar-refractivity contribution in [2.75, 3.05) is 31.1 Å². The van der Waals surface area contributed by atoms with Gasteiger partial charge in [0.15, 0.2) is 0 Å². The van der Waals surface area contributed by atoms with Crippen molar-refractivity contribution in [2.45, 2.75) is 13.3 Å². The van der Waals surface area contributed by atoms with Gasteiger partial charge >= 0.3 is 0 Å². The number of fused-ring (bicyclic) bond motifs is 1. The highest BCUT2D eigenvalue weighted by atomic mass is 35.5. The summed E-state index contributed by atoms with van der Waals surface area (Å²) in [5.41, 5.74) is 3.51. The van der Waals surface area contributed by atoms with Crippen LogP contribution in [0.5, 0.6) is 0 Å². The Morgan fingerprint density at radius 3 is 2.50 bits per heavy atom. The Labute approximate surface area is 197 Å². The highest BCUT2D eigenvalue weighted by Gasteiger charge is 2.25. The minimum Gasteiger partial charge on any atom is -0.368 e. The quantitative estimate of drug-likeness (QED) is 0.366. The van der Waals surface area contributed by atoms with E-state index in [1.165, 1.54) is 10.6 Å². The van der Waals surface area contributed by atoms with Crippen LogP contribution in [-0.4, -0.2) is 42.0 Å². The molecule has 0 saturated carbocycles. The number of amides is 1. The van der Waals surface area contributed by atoms with E-state index in [9.17, 15) is 4.79 Å². The third kappa shape index (κ3) is 4.10. The zero-order valence-corrected chi connectivity index (χ0v) is 19.5. The number of benzene rings is 2. The van der Waals surface area contributed by atoms with Crippen LogP contribution in [-0.2, 0) is 6.42 Å². The molecule has 0 bridgehead atoms. The molecule has 3 heterocycles. The van der Waals surface area contributed by atoms with Gasteiger partial charge in [-0.25, -0.2) is 4.98 Å². The number of pyridine rings is 1. The summed E-state index contributed by atoms with van der Waals surface area (Å²) in [6.07, 6.45) is 0.991. The average molecular weight is 462 g/mol. The first-order valence-corrected chi connectivity index (χ1v) is 12.1. The molecule has 1 aliphatic heterocycles. The van der Waals surface area contributed by atoms with E-state index in [0.717, 1.165) is 41.0 Å². The maximum atomic E-state index is 13.7. The number of aryl methyl sites for hydroxylation is 1. The van der Waals surface area contributed by atoms with E-state index >= 15 is 0 Å². The second kappa shape index (κ2) is 8.93. The summed E-state index contributed by atoms with van der Waals surface area (Å²) in [5.74, 6) is 0.0425. The van der Waals surface area contributed by atoms with E-state index in [4.69, 9.17) is 16.6 Å². The van der Waals surface area contributed by atoms with Gasteiger partial charge in [0, 0.05) is 47.2 Å². The van der Waals surface area contributed by atoms with Crippen molar-refractivity contribution in [3.63, 3.8) is 0 Å². The van der Waals surface area contributed by atoms with Crippen molar-refractivity contribution < 1.29 is 4.79 Å². The topological polar surface area (TPSA) is 36.4 Å². The summed E-state index contributed by atoms with van der Waals surface area (Å²) < 4.78 is 0. The molecule has 1 aliphatic rings. The number of thiophene rings is 1. The van der Waals surface area contributed by atoms with Crippen molar-refractivity contribution in [3.05, 3.63) is 82.2 Å². The van der Waals surface area contributed by atoms with Crippen molar-refractivity contribution in [1.29, 1.82) is 0 Å². The van der Waals surface area contributed by atoms with Gasteiger partial charge in [-0.3, -0.25) is 4.79 Å². The van der Waals surface area contributed by atoms with Crippen LogP contribution in [0.2, 0.25) is 5.02 Å². The summed E-state index contributed by atoms with van der Waals surface area (Å²) in [4.78, 5) is 25.2. The molecule has 1 saturated heterocycles. The fourth-order valence-electron chi connectivity index (χ4n) is 4.18. The lowest BCUT2D eigenvalue weighted by molar-refractivity contribution is 0.0748. The lowest BCUT2D eigenvalue weighted by atomic mass is 10.0. The van der Waals surface area contributed by atoms with Crippen molar-refractivity contribution in [2.24, 2.45) is 0 Å². The molecule has 1 amide bonds. The van der Waals surface area contributed by atoms with Gasteiger partial charge in [0.05, 0.1) is 21.7 Å². The number of carbonyl (C=O) groups is 1. The summed E-state index contributed by atoms with van der Waals surface area (Å²) >= 11 is 8.02. The summed E-state index contributed by atoms with van der Waals surface area (Å²) in [6.45, 7) is 5.16. The van der Waals surface area contributed by atoms with Gasteiger partial charge in [0.2, 0.25) is 0 Å². The van der Waals surface area contributed by atoms with Crippen LogP contribution in [0, 0.1) is 0 Å². The van der Waals surface area contributed by atoms with E-state index in [0.29, 0.717) is 23.7 Å². The summed E-state index contributed by atoms with van der Waals surface area (Å²) in [6, 6.07) is 22.1. The molecule has 2 aromatic heterocycles. The molecule has 162 valence electrons. The van der Waals surface area contributed by atoms with Gasteiger partial charge < -0.3 is 9.80 Å². The fourth-order valence-corrected chi connectivity index (χ4v) is 5.26. The van der Waals surface area contributed by atoms with Gasteiger partial charge in [0.25, 0.3) is 5.91 Å². The first-order chi connectivity index (χ1) is 15.6. The van der Waals surface area contributed by atoms with Gasteiger partial charge in [-0.15, -0.1) is 11.3 Å². The van der Waals surface area contributed by atoms with Crippen LogP contribution in [0.3, 0.4) is 0 Å². The predicted octanol–water partition coefficient (Wildman–Crippen LogP) is 6.14. The van der Waals surface area contributed by atoms with E-state index < -0.39 is 0 Å². The highest BCUT2D eigenvalue weighted by molar-refractivity contribution is 7.15. The Hall–Kier alpha value is -2.89. The van der Waals surface area contributed by atoms with E-state index in [1.807, 2.05) is 35.2 Å². The Balaban J connectivity index is 1.47. The first-order valence-electron chi connectivity index (χ1n) is 10.9. The average Bonchev–Trinajstić information content (AvgIpc) is 3.33. The second-order valence-electron chi connectivity index (χ2n) is 7.95. The minimum absolute atomic E-state index is 0.0425. The zero-order chi connectivity index (χ0) is 22.1. The number of rotatable bonds is 4. The van der Waals surface area contributed by atoms with Crippen LogP contribution in [0.4, 0.5) is 5.69 Å². The molecule has 0 spiro atoms. The van der Waals surface area contributed by atoms with Gasteiger partial charge in [-0.05, 0) is 55.0 Å². The largest absolute Gasteiger partial charge is 0.368 e. The molecule has 0 N–H and O–H groups in total. The van der Waals surface area contributed by atoms with Gasteiger partial charge in [0.1, 0.15) is 0 Å². The lowest BCUT2D eigenvalue weighted by Gasteiger charge is -2.36. The molecule has 2 aromatic carbocycles. The van der Waals surface area contributed by atoms with Crippen molar-refractivity contribution in [3.8, 4) is 10.6 Å². The third-order valence-electron chi connectivity index (χ3n) is 5.95. The molecular weight excluding hydrogens is 438 g/mol. The minimum atomic E-state index is 0.0425. The molecule has 6 heteroatoms. The zero-order valence-electron chi connectivity index (χ0n) is 17.9. The molecule has 0 radical (unpaired) electrons. The molecule has 0 unspecified atom stereocenters. The van der Waals surface area contributed by atoms with Crippen LogP contribution in [0.15, 0.2) is 66.7 Å². The third-order valence-corrected chi connectivity index (χ3v) is 7.44.